The van der Waals surface area contributed by atoms with Crippen LogP contribution in [0.3, 0.4) is 0 Å². The summed E-state index contributed by atoms with van der Waals surface area (Å²) in [4.78, 5) is 1.14. The highest BCUT2D eigenvalue weighted by Crippen LogP contribution is 2.30. The van der Waals surface area contributed by atoms with Crippen LogP contribution in [0.5, 0.6) is 0 Å². The minimum atomic E-state index is -3.49. The van der Waals surface area contributed by atoms with Crippen molar-refractivity contribution in [3.05, 3.63) is 23.2 Å². The second-order valence-electron chi connectivity index (χ2n) is 5.42. The summed E-state index contributed by atoms with van der Waals surface area (Å²) in [6.45, 7) is 2.97. The predicted molar refractivity (Wildman–Crippen MR) is 88.4 cm³/mol. The van der Waals surface area contributed by atoms with Crippen LogP contribution in [0.15, 0.2) is 28.0 Å². The van der Waals surface area contributed by atoms with Gasteiger partial charge in [0.25, 0.3) is 0 Å². The Kier molecular flexibility index (Phi) is 5.59. The van der Waals surface area contributed by atoms with Gasteiger partial charge in [-0.3, -0.25) is 0 Å². The van der Waals surface area contributed by atoms with E-state index < -0.39 is 10.0 Å². The molecule has 0 saturated carbocycles. The van der Waals surface area contributed by atoms with Gasteiger partial charge in [0.05, 0.1) is 9.92 Å². The van der Waals surface area contributed by atoms with Crippen molar-refractivity contribution >= 4 is 33.4 Å². The van der Waals surface area contributed by atoms with Crippen LogP contribution in [0.25, 0.3) is 0 Å². The number of rotatable bonds is 4. The lowest BCUT2D eigenvalue weighted by Gasteiger charge is -2.33. The molecule has 0 amide bonds. The van der Waals surface area contributed by atoms with Crippen LogP contribution in [-0.4, -0.2) is 38.1 Å². The van der Waals surface area contributed by atoms with Gasteiger partial charge in [0.2, 0.25) is 10.0 Å². The topological polar surface area (TPSA) is 63.4 Å². The van der Waals surface area contributed by atoms with E-state index in [1.165, 1.54) is 22.1 Å². The lowest BCUT2D eigenvalue weighted by Crippen LogP contribution is -2.44. The Morgan fingerprint density at radius 3 is 2.76 bits per heavy atom. The Balaban J connectivity index is 2.27. The molecule has 1 aromatic carbocycles. The van der Waals surface area contributed by atoms with E-state index in [1.54, 1.807) is 12.1 Å². The largest absolute Gasteiger partial charge is 0.328 e. The number of piperidine rings is 1. The summed E-state index contributed by atoms with van der Waals surface area (Å²) in [6.07, 6.45) is 3.74. The maximum absolute atomic E-state index is 12.7. The maximum atomic E-state index is 12.7. The van der Waals surface area contributed by atoms with E-state index in [2.05, 4.69) is 0 Å². The fourth-order valence-corrected chi connectivity index (χ4v) is 5.07. The highest BCUT2D eigenvalue weighted by atomic mass is 35.5. The molecule has 2 unspecified atom stereocenters. The van der Waals surface area contributed by atoms with Crippen molar-refractivity contribution in [1.29, 1.82) is 0 Å². The van der Waals surface area contributed by atoms with Crippen LogP contribution < -0.4 is 5.73 Å². The maximum Gasteiger partial charge on any atom is 0.243 e. The van der Waals surface area contributed by atoms with Crippen LogP contribution in [0.4, 0.5) is 0 Å². The van der Waals surface area contributed by atoms with E-state index in [1.807, 2.05) is 13.2 Å². The van der Waals surface area contributed by atoms with Crippen LogP contribution >= 0.6 is 23.4 Å². The molecule has 0 aliphatic carbocycles. The molecule has 1 saturated heterocycles. The molecule has 1 fully saturated rings. The second-order valence-corrected chi connectivity index (χ2v) is 8.61. The summed E-state index contributed by atoms with van der Waals surface area (Å²) in [7, 11) is -3.49. The van der Waals surface area contributed by atoms with Crippen molar-refractivity contribution in [2.45, 2.75) is 35.6 Å². The Hall–Kier alpha value is -0.270. The quantitative estimate of drug-likeness (QED) is 0.850. The van der Waals surface area contributed by atoms with Gasteiger partial charge >= 0.3 is 0 Å². The molecular weight excluding hydrogens is 328 g/mol. The first-order chi connectivity index (χ1) is 9.86. The number of nitrogens with two attached hydrogens (primary N) is 1. The molecule has 118 valence electrons. The number of hydrogen-bond acceptors (Lipinski definition) is 4. The molecule has 7 heteroatoms. The normalized spacial score (nSPS) is 22.2. The molecule has 2 atom stereocenters. The summed E-state index contributed by atoms with van der Waals surface area (Å²) < 4.78 is 27.0. The van der Waals surface area contributed by atoms with Crippen LogP contribution in [0, 0.1) is 5.92 Å². The minimum absolute atomic E-state index is 0.00505. The molecule has 1 aliphatic heterocycles. The Bertz CT molecular complexity index is 605. The minimum Gasteiger partial charge on any atom is -0.328 e. The zero-order chi connectivity index (χ0) is 15.6. The third-order valence-electron chi connectivity index (χ3n) is 3.93. The van der Waals surface area contributed by atoms with E-state index in [0.717, 1.165) is 17.7 Å². The van der Waals surface area contributed by atoms with Gasteiger partial charge in [-0.2, -0.15) is 4.31 Å². The first-order valence-electron chi connectivity index (χ1n) is 6.95. The highest BCUT2D eigenvalue weighted by Gasteiger charge is 2.31. The number of sulfonamides is 1. The van der Waals surface area contributed by atoms with Gasteiger partial charge < -0.3 is 5.73 Å². The molecule has 1 heterocycles. The molecule has 0 aromatic heterocycles. The van der Waals surface area contributed by atoms with Crippen LogP contribution in [0.2, 0.25) is 5.02 Å². The van der Waals surface area contributed by atoms with Crippen molar-refractivity contribution in [1.82, 2.24) is 4.31 Å². The summed E-state index contributed by atoms with van der Waals surface area (Å²) in [5.74, 6) is 0.217. The Morgan fingerprint density at radius 2 is 2.19 bits per heavy atom. The fourth-order valence-electron chi connectivity index (χ4n) is 2.58. The fraction of sp³-hybridized carbons (Fsp3) is 0.571. The first-order valence-corrected chi connectivity index (χ1v) is 10.00. The van der Waals surface area contributed by atoms with Crippen molar-refractivity contribution < 1.29 is 8.42 Å². The van der Waals surface area contributed by atoms with E-state index in [0.29, 0.717) is 18.1 Å². The Labute approximate surface area is 136 Å². The van der Waals surface area contributed by atoms with Gasteiger partial charge in [-0.25, -0.2) is 8.42 Å². The molecule has 2 rings (SSSR count). The standard InChI is InChI=1S/C14H21ClN2O2S2/c1-10(16)11-4-3-7-17(9-11)21(18,19)12-5-6-14(20-2)13(15)8-12/h5-6,8,10-11H,3-4,7,9,16H2,1-2H3. The SMILES string of the molecule is CSc1ccc(S(=O)(=O)N2CCCC(C(C)N)C2)cc1Cl. The number of thioether (sulfide) groups is 1. The zero-order valence-corrected chi connectivity index (χ0v) is 14.6. The average Bonchev–Trinajstić information content (AvgIpc) is 2.47. The molecule has 2 N–H and O–H groups in total. The molecule has 0 spiro atoms. The van der Waals surface area contributed by atoms with Crippen molar-refractivity contribution in [2.75, 3.05) is 19.3 Å². The van der Waals surface area contributed by atoms with Crippen LogP contribution in [0.1, 0.15) is 19.8 Å². The molecule has 0 radical (unpaired) electrons. The van der Waals surface area contributed by atoms with Crippen molar-refractivity contribution in [2.24, 2.45) is 11.7 Å². The third kappa shape index (κ3) is 3.74. The molecule has 21 heavy (non-hydrogen) atoms. The number of nitrogens with zero attached hydrogens (tertiary/aromatic N) is 1. The van der Waals surface area contributed by atoms with Crippen LogP contribution in [-0.2, 0) is 10.0 Å². The van der Waals surface area contributed by atoms with Crippen molar-refractivity contribution in [3.63, 3.8) is 0 Å². The molecule has 4 nitrogen and oxygen atoms in total. The van der Waals surface area contributed by atoms with Gasteiger partial charge in [-0.1, -0.05) is 11.6 Å². The second kappa shape index (κ2) is 6.87. The van der Waals surface area contributed by atoms with E-state index in [-0.39, 0.29) is 16.9 Å². The van der Waals surface area contributed by atoms with Gasteiger partial charge in [-0.05, 0) is 50.1 Å². The molecule has 1 aliphatic rings. The lowest BCUT2D eigenvalue weighted by molar-refractivity contribution is 0.243. The summed E-state index contributed by atoms with van der Waals surface area (Å²) in [6, 6.07) is 4.93. The lowest BCUT2D eigenvalue weighted by atomic mass is 9.93. The smallest absolute Gasteiger partial charge is 0.243 e. The number of halogens is 1. The van der Waals surface area contributed by atoms with Gasteiger partial charge in [0, 0.05) is 24.0 Å². The first kappa shape index (κ1) is 17.1. The van der Waals surface area contributed by atoms with E-state index >= 15 is 0 Å². The highest BCUT2D eigenvalue weighted by molar-refractivity contribution is 7.98. The number of hydrogen-bond donors (Lipinski definition) is 1. The van der Waals surface area contributed by atoms with Crippen molar-refractivity contribution in [3.8, 4) is 0 Å². The van der Waals surface area contributed by atoms with E-state index in [9.17, 15) is 8.42 Å². The van der Waals surface area contributed by atoms with Gasteiger partial charge in [0.1, 0.15) is 0 Å². The monoisotopic (exact) mass is 348 g/mol. The summed E-state index contributed by atoms with van der Waals surface area (Å²) in [5, 5.41) is 0.476. The number of benzene rings is 1. The molecule has 1 aromatic rings. The van der Waals surface area contributed by atoms with Gasteiger partial charge in [-0.15, -0.1) is 11.8 Å². The molecular formula is C14H21ClN2O2S2. The summed E-state index contributed by atoms with van der Waals surface area (Å²) in [5.41, 5.74) is 5.93. The summed E-state index contributed by atoms with van der Waals surface area (Å²) >= 11 is 7.63. The van der Waals surface area contributed by atoms with E-state index in [4.69, 9.17) is 17.3 Å². The predicted octanol–water partition coefficient (Wildman–Crippen LogP) is 2.81. The zero-order valence-electron chi connectivity index (χ0n) is 12.3. The average molecular weight is 349 g/mol. The van der Waals surface area contributed by atoms with Gasteiger partial charge in [0.15, 0.2) is 0 Å². The Morgan fingerprint density at radius 1 is 1.48 bits per heavy atom. The third-order valence-corrected chi connectivity index (χ3v) is 7.01. The molecule has 0 bridgehead atoms.